The van der Waals surface area contributed by atoms with Crippen LogP contribution in [0.15, 0.2) is 53.0 Å². The number of para-hydroxylation sites is 1. The molecule has 5 heteroatoms. The molecule has 0 aromatic heterocycles. The van der Waals surface area contributed by atoms with E-state index < -0.39 is 0 Å². The molecular formula is C17H16BrClN2O. The summed E-state index contributed by atoms with van der Waals surface area (Å²) in [4.78, 5) is 16.7. The second-order valence-electron chi connectivity index (χ2n) is 5.21. The predicted molar refractivity (Wildman–Crippen MR) is 93.7 cm³/mol. The van der Waals surface area contributed by atoms with Gasteiger partial charge >= 0.3 is 0 Å². The zero-order valence-electron chi connectivity index (χ0n) is 12.0. The molecule has 1 saturated heterocycles. The zero-order chi connectivity index (χ0) is 15.5. The van der Waals surface area contributed by atoms with Gasteiger partial charge in [-0.3, -0.25) is 4.79 Å². The van der Waals surface area contributed by atoms with Gasteiger partial charge in [-0.05, 0) is 40.2 Å². The molecular weight excluding hydrogens is 364 g/mol. The molecule has 0 radical (unpaired) electrons. The zero-order valence-corrected chi connectivity index (χ0v) is 14.3. The summed E-state index contributed by atoms with van der Waals surface area (Å²) in [5, 5.41) is 0.757. The van der Waals surface area contributed by atoms with E-state index >= 15 is 0 Å². The van der Waals surface area contributed by atoms with Crippen LogP contribution in [0.5, 0.6) is 0 Å². The van der Waals surface area contributed by atoms with Crippen molar-refractivity contribution in [3.05, 3.63) is 63.6 Å². The third kappa shape index (κ3) is 3.13. The summed E-state index contributed by atoms with van der Waals surface area (Å²) in [5.41, 5.74) is 1.76. The summed E-state index contributed by atoms with van der Waals surface area (Å²) in [6, 6.07) is 15.4. The summed E-state index contributed by atoms with van der Waals surface area (Å²) in [5.74, 6) is 0.0753. The molecule has 1 fully saturated rings. The van der Waals surface area contributed by atoms with E-state index in [2.05, 4.69) is 20.8 Å². The van der Waals surface area contributed by atoms with Crippen molar-refractivity contribution in [2.24, 2.45) is 0 Å². The van der Waals surface area contributed by atoms with E-state index in [1.165, 1.54) is 0 Å². The smallest absolute Gasteiger partial charge is 0.255 e. The van der Waals surface area contributed by atoms with Crippen LogP contribution in [-0.4, -0.2) is 37.0 Å². The highest BCUT2D eigenvalue weighted by Crippen LogP contribution is 2.26. The quantitative estimate of drug-likeness (QED) is 0.785. The van der Waals surface area contributed by atoms with Gasteiger partial charge in [0.05, 0.1) is 16.3 Å². The lowest BCUT2D eigenvalue weighted by Crippen LogP contribution is -2.49. The van der Waals surface area contributed by atoms with Crippen LogP contribution in [-0.2, 0) is 0 Å². The van der Waals surface area contributed by atoms with E-state index in [0.29, 0.717) is 18.7 Å². The Morgan fingerprint density at radius 1 is 0.955 bits per heavy atom. The molecule has 0 N–H and O–H groups in total. The van der Waals surface area contributed by atoms with Crippen LogP contribution in [0, 0.1) is 0 Å². The van der Waals surface area contributed by atoms with Crippen molar-refractivity contribution >= 4 is 39.1 Å². The molecule has 1 aliphatic heterocycles. The van der Waals surface area contributed by atoms with Crippen molar-refractivity contribution in [2.75, 3.05) is 31.1 Å². The van der Waals surface area contributed by atoms with Crippen molar-refractivity contribution < 1.29 is 4.79 Å². The Labute approximate surface area is 143 Å². The molecule has 2 aromatic carbocycles. The fourth-order valence-electron chi connectivity index (χ4n) is 2.66. The number of piperazine rings is 1. The summed E-state index contributed by atoms with van der Waals surface area (Å²) >= 11 is 9.69. The summed E-state index contributed by atoms with van der Waals surface area (Å²) in [6.07, 6.45) is 0. The Bertz CT molecular complexity index is 684. The Morgan fingerprint density at radius 3 is 2.27 bits per heavy atom. The first kappa shape index (κ1) is 15.4. The van der Waals surface area contributed by atoms with Crippen molar-refractivity contribution in [1.29, 1.82) is 0 Å². The van der Waals surface area contributed by atoms with Crippen LogP contribution in [0.2, 0.25) is 5.02 Å². The first-order valence-electron chi connectivity index (χ1n) is 7.20. The van der Waals surface area contributed by atoms with E-state index in [1.54, 1.807) is 0 Å². The number of hydrogen-bond donors (Lipinski definition) is 0. The van der Waals surface area contributed by atoms with Crippen LogP contribution >= 0.6 is 27.5 Å². The van der Waals surface area contributed by atoms with Gasteiger partial charge in [-0.2, -0.15) is 0 Å². The maximum atomic E-state index is 12.6. The van der Waals surface area contributed by atoms with Crippen molar-refractivity contribution in [1.82, 2.24) is 4.90 Å². The van der Waals surface area contributed by atoms with Gasteiger partial charge < -0.3 is 9.80 Å². The van der Waals surface area contributed by atoms with Crippen LogP contribution in [0.1, 0.15) is 10.4 Å². The average Bonchev–Trinajstić information content (AvgIpc) is 2.55. The van der Waals surface area contributed by atoms with E-state index in [4.69, 9.17) is 11.6 Å². The van der Waals surface area contributed by atoms with Gasteiger partial charge in [0.2, 0.25) is 0 Å². The summed E-state index contributed by atoms with van der Waals surface area (Å²) in [7, 11) is 0. The molecule has 1 aliphatic rings. The van der Waals surface area contributed by atoms with Gasteiger partial charge in [0, 0.05) is 30.7 Å². The molecule has 1 heterocycles. The lowest BCUT2D eigenvalue weighted by molar-refractivity contribution is 0.0746. The van der Waals surface area contributed by atoms with Crippen LogP contribution in [0.3, 0.4) is 0 Å². The van der Waals surface area contributed by atoms with Gasteiger partial charge in [0.15, 0.2) is 0 Å². The second-order valence-corrected chi connectivity index (χ2v) is 6.47. The second kappa shape index (κ2) is 6.71. The molecule has 0 unspecified atom stereocenters. The van der Waals surface area contributed by atoms with E-state index in [0.717, 1.165) is 28.3 Å². The SMILES string of the molecule is O=C(c1ccccc1Br)N1CCN(c2ccccc2Cl)CC1. The maximum absolute atomic E-state index is 12.6. The number of halogens is 2. The number of benzene rings is 2. The molecule has 3 rings (SSSR count). The van der Waals surface area contributed by atoms with Crippen molar-refractivity contribution in [3.63, 3.8) is 0 Å². The number of carbonyl (C=O) groups is 1. The molecule has 114 valence electrons. The number of anilines is 1. The number of nitrogens with zero attached hydrogens (tertiary/aromatic N) is 2. The highest BCUT2D eigenvalue weighted by Gasteiger charge is 2.24. The predicted octanol–water partition coefficient (Wildman–Crippen LogP) is 4.06. The Morgan fingerprint density at radius 2 is 1.59 bits per heavy atom. The maximum Gasteiger partial charge on any atom is 0.255 e. The minimum Gasteiger partial charge on any atom is -0.367 e. The lowest BCUT2D eigenvalue weighted by atomic mass is 10.1. The first-order valence-corrected chi connectivity index (χ1v) is 8.37. The molecule has 1 amide bonds. The molecule has 3 nitrogen and oxygen atoms in total. The molecule has 0 atom stereocenters. The Hall–Kier alpha value is -1.52. The Balaban J connectivity index is 1.68. The number of carbonyl (C=O) groups excluding carboxylic acids is 1. The molecule has 0 spiro atoms. The monoisotopic (exact) mass is 378 g/mol. The summed E-state index contributed by atoms with van der Waals surface area (Å²) < 4.78 is 0.841. The molecule has 0 aliphatic carbocycles. The fourth-order valence-corrected chi connectivity index (χ4v) is 3.37. The van der Waals surface area contributed by atoms with Gasteiger partial charge in [-0.15, -0.1) is 0 Å². The molecule has 2 aromatic rings. The summed E-state index contributed by atoms with van der Waals surface area (Å²) in [6.45, 7) is 2.98. The topological polar surface area (TPSA) is 23.6 Å². The van der Waals surface area contributed by atoms with E-state index in [-0.39, 0.29) is 5.91 Å². The van der Waals surface area contributed by atoms with E-state index in [1.807, 2.05) is 53.4 Å². The molecule has 0 bridgehead atoms. The van der Waals surface area contributed by atoms with Crippen LogP contribution < -0.4 is 4.90 Å². The molecule has 0 saturated carbocycles. The normalized spacial score (nSPS) is 15.0. The van der Waals surface area contributed by atoms with Gasteiger partial charge in [-0.1, -0.05) is 35.9 Å². The van der Waals surface area contributed by atoms with Gasteiger partial charge in [0.25, 0.3) is 5.91 Å². The fraction of sp³-hybridized carbons (Fsp3) is 0.235. The number of rotatable bonds is 2. The number of hydrogen-bond acceptors (Lipinski definition) is 2. The third-order valence-corrected chi connectivity index (χ3v) is 4.88. The Kier molecular flexibility index (Phi) is 4.69. The highest BCUT2D eigenvalue weighted by molar-refractivity contribution is 9.10. The van der Waals surface area contributed by atoms with E-state index in [9.17, 15) is 4.79 Å². The highest BCUT2D eigenvalue weighted by atomic mass is 79.9. The minimum absolute atomic E-state index is 0.0753. The van der Waals surface area contributed by atoms with Gasteiger partial charge in [-0.25, -0.2) is 0 Å². The number of amides is 1. The third-order valence-electron chi connectivity index (χ3n) is 3.86. The van der Waals surface area contributed by atoms with Crippen LogP contribution in [0.4, 0.5) is 5.69 Å². The standard InChI is InChI=1S/C17H16BrClN2O/c18-14-6-2-1-5-13(14)17(22)21-11-9-20(10-12-21)16-8-4-3-7-15(16)19/h1-8H,9-12H2. The van der Waals surface area contributed by atoms with Crippen molar-refractivity contribution in [3.8, 4) is 0 Å². The average molecular weight is 380 g/mol. The minimum atomic E-state index is 0.0753. The first-order chi connectivity index (χ1) is 10.7. The van der Waals surface area contributed by atoms with Crippen molar-refractivity contribution in [2.45, 2.75) is 0 Å². The molecule has 22 heavy (non-hydrogen) atoms. The largest absolute Gasteiger partial charge is 0.367 e. The van der Waals surface area contributed by atoms with Crippen LogP contribution in [0.25, 0.3) is 0 Å². The lowest BCUT2D eigenvalue weighted by Gasteiger charge is -2.36. The van der Waals surface area contributed by atoms with Gasteiger partial charge in [0.1, 0.15) is 0 Å².